The fraction of sp³-hybridized carbons (Fsp3) is 0.148. The third kappa shape index (κ3) is 6.34. The molecule has 3 aromatic rings. The first-order chi connectivity index (χ1) is 15.1. The Bertz CT molecular complexity index is 1070. The minimum Gasteiger partial charge on any atom is -0.497 e. The van der Waals surface area contributed by atoms with Crippen LogP contribution in [0, 0.1) is 0 Å². The van der Waals surface area contributed by atoms with E-state index in [9.17, 15) is 4.79 Å². The van der Waals surface area contributed by atoms with Gasteiger partial charge < -0.3 is 14.6 Å². The first-order valence-corrected chi connectivity index (χ1v) is 10.1. The largest absolute Gasteiger partial charge is 0.497 e. The zero-order chi connectivity index (χ0) is 22.1. The van der Waals surface area contributed by atoms with Crippen molar-refractivity contribution in [2.75, 3.05) is 7.11 Å². The zero-order valence-electron chi connectivity index (χ0n) is 17.6. The summed E-state index contributed by atoms with van der Waals surface area (Å²) >= 11 is 0. The maximum Gasteiger partial charge on any atom is 0.330 e. The van der Waals surface area contributed by atoms with Gasteiger partial charge in [-0.1, -0.05) is 67.3 Å². The van der Waals surface area contributed by atoms with Crippen molar-refractivity contribution in [3.63, 3.8) is 0 Å². The molecule has 3 rings (SSSR count). The quantitative estimate of drug-likeness (QED) is 0.391. The molecule has 0 saturated heterocycles. The summed E-state index contributed by atoms with van der Waals surface area (Å²) in [5, 5.41) is 8.92. The second-order valence-electron chi connectivity index (χ2n) is 7.11. The van der Waals surface area contributed by atoms with Crippen LogP contribution < -0.4 is 9.47 Å². The summed E-state index contributed by atoms with van der Waals surface area (Å²) in [6.07, 6.45) is 4.99. The SMILES string of the molecule is C=C(CCC=Cc1ccc(OCc2ccccc2)c(-c2cccc(OC)c2)c1)C(=O)O. The molecule has 0 saturated carbocycles. The van der Waals surface area contributed by atoms with Crippen LogP contribution in [0.25, 0.3) is 17.2 Å². The summed E-state index contributed by atoms with van der Waals surface area (Å²) in [7, 11) is 1.65. The molecular formula is C27H26O4. The minimum absolute atomic E-state index is 0.214. The molecule has 0 bridgehead atoms. The van der Waals surface area contributed by atoms with Gasteiger partial charge in [-0.05, 0) is 53.8 Å². The summed E-state index contributed by atoms with van der Waals surface area (Å²) in [6.45, 7) is 4.04. The molecule has 3 aromatic carbocycles. The Morgan fingerprint density at radius 1 is 1.03 bits per heavy atom. The molecule has 4 nitrogen and oxygen atoms in total. The van der Waals surface area contributed by atoms with E-state index in [-0.39, 0.29) is 5.57 Å². The van der Waals surface area contributed by atoms with E-state index in [0.29, 0.717) is 19.4 Å². The Labute approximate surface area is 183 Å². The number of carboxylic acid groups (broad SMARTS) is 1. The van der Waals surface area contributed by atoms with Crippen LogP contribution in [-0.4, -0.2) is 18.2 Å². The highest BCUT2D eigenvalue weighted by molar-refractivity contribution is 5.85. The van der Waals surface area contributed by atoms with E-state index < -0.39 is 5.97 Å². The standard InChI is InChI=1S/C27H26O4/c1-20(27(28)29)9-6-7-10-21-15-16-26(31-19-22-11-4-3-5-12-22)25(17-21)23-13-8-14-24(18-23)30-2/h3-5,7-8,10-18H,1,6,9,19H2,2H3,(H,28,29). The zero-order valence-corrected chi connectivity index (χ0v) is 17.6. The van der Waals surface area contributed by atoms with Crippen LogP contribution in [0.5, 0.6) is 11.5 Å². The Balaban J connectivity index is 1.84. The average molecular weight is 415 g/mol. The highest BCUT2D eigenvalue weighted by atomic mass is 16.5. The molecule has 31 heavy (non-hydrogen) atoms. The van der Waals surface area contributed by atoms with Crippen LogP contribution in [0.2, 0.25) is 0 Å². The third-order valence-corrected chi connectivity index (χ3v) is 4.85. The van der Waals surface area contributed by atoms with Gasteiger partial charge in [0.05, 0.1) is 7.11 Å². The topological polar surface area (TPSA) is 55.8 Å². The molecule has 0 aliphatic carbocycles. The molecule has 0 spiro atoms. The van der Waals surface area contributed by atoms with Gasteiger partial charge in [-0.2, -0.15) is 0 Å². The number of aliphatic carboxylic acids is 1. The Morgan fingerprint density at radius 2 is 1.84 bits per heavy atom. The monoisotopic (exact) mass is 414 g/mol. The van der Waals surface area contributed by atoms with Crippen LogP contribution in [-0.2, 0) is 11.4 Å². The predicted molar refractivity (Wildman–Crippen MR) is 124 cm³/mol. The lowest BCUT2D eigenvalue weighted by atomic mass is 10.0. The lowest BCUT2D eigenvalue weighted by Gasteiger charge is -2.14. The van der Waals surface area contributed by atoms with Gasteiger partial charge in [0.25, 0.3) is 0 Å². The third-order valence-electron chi connectivity index (χ3n) is 4.85. The van der Waals surface area contributed by atoms with Crippen molar-refractivity contribution in [3.05, 3.63) is 102 Å². The van der Waals surface area contributed by atoms with Crippen molar-refractivity contribution >= 4 is 12.0 Å². The number of allylic oxidation sites excluding steroid dienone is 1. The van der Waals surface area contributed by atoms with Crippen molar-refractivity contribution in [1.29, 1.82) is 0 Å². The van der Waals surface area contributed by atoms with Gasteiger partial charge in [0.15, 0.2) is 0 Å². The smallest absolute Gasteiger partial charge is 0.330 e. The maximum absolute atomic E-state index is 10.9. The molecule has 0 heterocycles. The number of hydrogen-bond acceptors (Lipinski definition) is 3. The van der Waals surface area contributed by atoms with Crippen LogP contribution in [0.3, 0.4) is 0 Å². The Morgan fingerprint density at radius 3 is 2.58 bits per heavy atom. The summed E-state index contributed by atoms with van der Waals surface area (Å²) in [4.78, 5) is 10.9. The van der Waals surface area contributed by atoms with Crippen LogP contribution in [0.4, 0.5) is 0 Å². The molecule has 0 fully saturated rings. The van der Waals surface area contributed by atoms with E-state index in [1.54, 1.807) is 7.11 Å². The lowest BCUT2D eigenvalue weighted by Crippen LogP contribution is -1.98. The molecular weight excluding hydrogens is 388 g/mol. The Kier molecular flexibility index (Phi) is 7.66. The second kappa shape index (κ2) is 10.8. The maximum atomic E-state index is 10.9. The average Bonchev–Trinajstić information content (AvgIpc) is 2.81. The van der Waals surface area contributed by atoms with Gasteiger partial charge in [0.2, 0.25) is 0 Å². The number of rotatable bonds is 10. The van der Waals surface area contributed by atoms with Gasteiger partial charge in [-0.15, -0.1) is 0 Å². The van der Waals surface area contributed by atoms with Crippen molar-refractivity contribution < 1.29 is 19.4 Å². The molecule has 1 N–H and O–H groups in total. The van der Waals surface area contributed by atoms with Gasteiger partial charge >= 0.3 is 5.97 Å². The molecule has 0 atom stereocenters. The molecule has 0 aromatic heterocycles. The van der Waals surface area contributed by atoms with Gasteiger partial charge in [0, 0.05) is 11.1 Å². The highest BCUT2D eigenvalue weighted by Gasteiger charge is 2.09. The van der Waals surface area contributed by atoms with E-state index in [0.717, 1.165) is 33.8 Å². The van der Waals surface area contributed by atoms with Crippen molar-refractivity contribution in [2.45, 2.75) is 19.4 Å². The molecule has 0 aliphatic heterocycles. The molecule has 158 valence electrons. The van der Waals surface area contributed by atoms with E-state index in [2.05, 4.69) is 12.6 Å². The first kappa shape index (κ1) is 21.9. The van der Waals surface area contributed by atoms with Crippen LogP contribution in [0.15, 0.2) is 91.0 Å². The molecule has 0 radical (unpaired) electrons. The van der Waals surface area contributed by atoms with Crippen LogP contribution >= 0.6 is 0 Å². The van der Waals surface area contributed by atoms with Crippen molar-refractivity contribution in [3.8, 4) is 22.6 Å². The summed E-state index contributed by atoms with van der Waals surface area (Å²) in [5.41, 5.74) is 4.28. The molecule has 0 aliphatic rings. The minimum atomic E-state index is -0.950. The number of hydrogen-bond donors (Lipinski definition) is 1. The molecule has 4 heteroatoms. The predicted octanol–water partition coefficient (Wildman–Crippen LogP) is 6.38. The molecule has 0 amide bonds. The fourth-order valence-corrected chi connectivity index (χ4v) is 3.11. The van der Waals surface area contributed by atoms with E-state index in [1.165, 1.54) is 0 Å². The first-order valence-electron chi connectivity index (χ1n) is 10.1. The van der Waals surface area contributed by atoms with E-state index >= 15 is 0 Å². The Hall–Kier alpha value is -3.79. The fourth-order valence-electron chi connectivity index (χ4n) is 3.11. The van der Waals surface area contributed by atoms with Gasteiger partial charge in [0.1, 0.15) is 18.1 Å². The summed E-state index contributed by atoms with van der Waals surface area (Å²) < 4.78 is 11.5. The van der Waals surface area contributed by atoms with Crippen molar-refractivity contribution in [1.82, 2.24) is 0 Å². The number of carbonyl (C=O) groups is 1. The van der Waals surface area contributed by atoms with Crippen molar-refractivity contribution in [2.24, 2.45) is 0 Å². The van der Waals surface area contributed by atoms with Gasteiger partial charge in [-0.25, -0.2) is 4.79 Å². The number of benzene rings is 3. The number of carboxylic acids is 1. The summed E-state index contributed by atoms with van der Waals surface area (Å²) in [6, 6.07) is 23.9. The highest BCUT2D eigenvalue weighted by Crippen LogP contribution is 2.34. The van der Waals surface area contributed by atoms with Crippen LogP contribution in [0.1, 0.15) is 24.0 Å². The summed E-state index contributed by atoms with van der Waals surface area (Å²) in [5.74, 6) is 0.613. The second-order valence-corrected chi connectivity index (χ2v) is 7.11. The van der Waals surface area contributed by atoms with E-state index in [1.807, 2.05) is 78.9 Å². The van der Waals surface area contributed by atoms with Gasteiger partial charge in [-0.3, -0.25) is 0 Å². The molecule has 0 unspecified atom stereocenters. The van der Waals surface area contributed by atoms with E-state index in [4.69, 9.17) is 14.6 Å². The normalized spacial score (nSPS) is 10.7. The lowest BCUT2D eigenvalue weighted by molar-refractivity contribution is -0.132. The number of ether oxygens (including phenoxy) is 2. The number of methoxy groups -OCH3 is 1.